The van der Waals surface area contributed by atoms with Crippen molar-refractivity contribution < 1.29 is 19.4 Å². The molecule has 0 heterocycles. The van der Waals surface area contributed by atoms with Gasteiger partial charge in [-0.05, 0) is 40.2 Å². The Bertz CT molecular complexity index is 525. The molecule has 5 nitrogen and oxygen atoms in total. The molecule has 1 N–H and O–H groups in total. The number of hydrogen-bond acceptors (Lipinski definition) is 3. The monoisotopic (exact) mass is 293 g/mol. The van der Waals surface area contributed by atoms with Gasteiger partial charge < -0.3 is 9.84 Å². The summed E-state index contributed by atoms with van der Waals surface area (Å²) in [6, 6.07) is 4.42. The smallest absolute Gasteiger partial charge is 0.411 e. The van der Waals surface area contributed by atoms with E-state index in [9.17, 15) is 14.7 Å². The summed E-state index contributed by atoms with van der Waals surface area (Å²) in [5.74, 6) is -1.09. The number of carboxylic acids is 1. The number of nitrogens with zero attached hydrogens (tertiary/aromatic N) is 1. The molecule has 0 aliphatic heterocycles. The largest absolute Gasteiger partial charge is 0.479 e. The van der Waals surface area contributed by atoms with E-state index in [1.165, 1.54) is 7.05 Å². The molecule has 0 aliphatic rings. The van der Waals surface area contributed by atoms with Gasteiger partial charge in [-0.2, -0.15) is 0 Å². The van der Waals surface area contributed by atoms with E-state index in [0.717, 1.165) is 16.0 Å². The predicted octanol–water partition coefficient (Wildman–Crippen LogP) is 3.30. The fourth-order valence-corrected chi connectivity index (χ4v) is 2.14. The van der Waals surface area contributed by atoms with E-state index in [1.54, 1.807) is 32.9 Å². The van der Waals surface area contributed by atoms with Crippen molar-refractivity contribution in [3.63, 3.8) is 0 Å². The van der Waals surface area contributed by atoms with Crippen LogP contribution in [-0.2, 0) is 9.53 Å². The Morgan fingerprint density at radius 2 is 1.62 bits per heavy atom. The Balaban J connectivity index is 3.12. The molecule has 1 unspecified atom stereocenters. The van der Waals surface area contributed by atoms with Gasteiger partial charge in [0, 0.05) is 7.05 Å². The van der Waals surface area contributed by atoms with Gasteiger partial charge in [-0.3, -0.25) is 4.90 Å². The van der Waals surface area contributed by atoms with Crippen LogP contribution in [0.15, 0.2) is 18.2 Å². The van der Waals surface area contributed by atoms with Crippen LogP contribution < -0.4 is 0 Å². The van der Waals surface area contributed by atoms with Crippen molar-refractivity contribution >= 4 is 12.1 Å². The first-order valence-corrected chi connectivity index (χ1v) is 6.78. The first kappa shape index (κ1) is 17.0. The summed E-state index contributed by atoms with van der Waals surface area (Å²) in [4.78, 5) is 24.8. The number of aryl methyl sites for hydroxylation is 2. The second-order valence-corrected chi connectivity index (χ2v) is 6.25. The van der Waals surface area contributed by atoms with Gasteiger partial charge in [-0.15, -0.1) is 0 Å². The Kier molecular flexibility index (Phi) is 4.99. The molecule has 0 radical (unpaired) electrons. The lowest BCUT2D eigenvalue weighted by molar-refractivity contribution is -0.142. The number of aliphatic carboxylic acids is 1. The lowest BCUT2D eigenvalue weighted by Gasteiger charge is -2.29. The fourth-order valence-electron chi connectivity index (χ4n) is 2.14. The molecule has 1 amide bonds. The second-order valence-electron chi connectivity index (χ2n) is 6.25. The zero-order valence-corrected chi connectivity index (χ0v) is 13.4. The minimum atomic E-state index is -1.09. The van der Waals surface area contributed by atoms with E-state index < -0.39 is 23.7 Å². The van der Waals surface area contributed by atoms with Crippen LogP contribution in [0.4, 0.5) is 4.79 Å². The van der Waals surface area contributed by atoms with Crippen LogP contribution in [-0.4, -0.2) is 34.7 Å². The van der Waals surface area contributed by atoms with Crippen molar-refractivity contribution in [1.29, 1.82) is 0 Å². The molecule has 0 aromatic heterocycles. The quantitative estimate of drug-likeness (QED) is 0.928. The number of amides is 1. The van der Waals surface area contributed by atoms with Crippen molar-refractivity contribution in [3.8, 4) is 0 Å². The van der Waals surface area contributed by atoms with E-state index in [1.807, 2.05) is 19.9 Å². The lowest BCUT2D eigenvalue weighted by Crippen LogP contribution is -2.39. The summed E-state index contributed by atoms with van der Waals surface area (Å²) < 4.78 is 5.24. The summed E-state index contributed by atoms with van der Waals surface area (Å²) >= 11 is 0. The van der Waals surface area contributed by atoms with Gasteiger partial charge in [0.05, 0.1) is 0 Å². The van der Waals surface area contributed by atoms with E-state index >= 15 is 0 Å². The minimum absolute atomic E-state index is 0.563. The van der Waals surface area contributed by atoms with Crippen molar-refractivity contribution in [2.45, 2.75) is 46.3 Å². The van der Waals surface area contributed by atoms with E-state index in [-0.39, 0.29) is 0 Å². The molecule has 0 saturated carbocycles. The van der Waals surface area contributed by atoms with Crippen LogP contribution in [0.25, 0.3) is 0 Å². The Labute approximate surface area is 125 Å². The topological polar surface area (TPSA) is 66.8 Å². The van der Waals surface area contributed by atoms with E-state index in [4.69, 9.17) is 4.74 Å². The highest BCUT2D eigenvalue weighted by Crippen LogP contribution is 2.24. The van der Waals surface area contributed by atoms with Crippen molar-refractivity contribution in [2.75, 3.05) is 7.05 Å². The van der Waals surface area contributed by atoms with Crippen LogP contribution in [0.3, 0.4) is 0 Å². The molecule has 1 aromatic carbocycles. The maximum atomic E-state index is 12.1. The molecule has 116 valence electrons. The Morgan fingerprint density at radius 1 is 1.14 bits per heavy atom. The number of carboxylic acid groups (broad SMARTS) is 1. The zero-order chi connectivity index (χ0) is 16.4. The number of carbonyl (C=O) groups is 2. The third-order valence-electron chi connectivity index (χ3n) is 2.86. The molecule has 0 spiro atoms. The first-order chi connectivity index (χ1) is 9.51. The van der Waals surface area contributed by atoms with Crippen LogP contribution in [0.1, 0.15) is 43.5 Å². The maximum absolute atomic E-state index is 12.1. The van der Waals surface area contributed by atoms with Gasteiger partial charge in [-0.25, -0.2) is 9.59 Å². The number of rotatable bonds is 3. The molecule has 1 aromatic rings. The Hall–Kier alpha value is -2.04. The normalized spacial score (nSPS) is 12.7. The minimum Gasteiger partial charge on any atom is -0.479 e. The van der Waals surface area contributed by atoms with Gasteiger partial charge in [0.25, 0.3) is 0 Å². The van der Waals surface area contributed by atoms with Crippen LogP contribution >= 0.6 is 0 Å². The van der Waals surface area contributed by atoms with Gasteiger partial charge in [0.15, 0.2) is 6.04 Å². The SMILES string of the molecule is Cc1cc(C)cc(C(C(=O)O)N(C)C(=O)OC(C)(C)C)c1. The van der Waals surface area contributed by atoms with Crippen molar-refractivity contribution in [1.82, 2.24) is 4.90 Å². The molecule has 0 saturated heterocycles. The summed E-state index contributed by atoms with van der Waals surface area (Å²) in [5, 5.41) is 9.48. The number of ether oxygens (including phenoxy) is 1. The highest BCUT2D eigenvalue weighted by Gasteiger charge is 2.31. The third kappa shape index (κ3) is 4.77. The molecular weight excluding hydrogens is 270 g/mol. The van der Waals surface area contributed by atoms with Crippen molar-refractivity contribution in [3.05, 3.63) is 34.9 Å². The molecule has 5 heteroatoms. The van der Waals surface area contributed by atoms with Crippen LogP contribution in [0, 0.1) is 13.8 Å². The van der Waals surface area contributed by atoms with Crippen LogP contribution in [0.5, 0.6) is 0 Å². The molecule has 0 fully saturated rings. The molecule has 21 heavy (non-hydrogen) atoms. The van der Waals surface area contributed by atoms with Gasteiger partial charge >= 0.3 is 12.1 Å². The van der Waals surface area contributed by atoms with Gasteiger partial charge in [0.1, 0.15) is 5.60 Å². The average Bonchev–Trinajstić information content (AvgIpc) is 2.24. The van der Waals surface area contributed by atoms with E-state index in [2.05, 4.69) is 0 Å². The number of likely N-dealkylation sites (N-methyl/N-ethyl adjacent to an activating group) is 1. The number of carbonyl (C=O) groups excluding carboxylic acids is 1. The van der Waals surface area contributed by atoms with Gasteiger partial charge in [0.2, 0.25) is 0 Å². The number of benzene rings is 1. The van der Waals surface area contributed by atoms with Crippen molar-refractivity contribution in [2.24, 2.45) is 0 Å². The first-order valence-electron chi connectivity index (χ1n) is 6.78. The second kappa shape index (κ2) is 6.16. The summed E-state index contributed by atoms with van der Waals surface area (Å²) in [5.41, 5.74) is 1.80. The molecule has 1 rings (SSSR count). The van der Waals surface area contributed by atoms with Crippen LogP contribution in [0.2, 0.25) is 0 Å². The molecule has 1 atom stereocenters. The highest BCUT2D eigenvalue weighted by molar-refractivity contribution is 5.81. The number of hydrogen-bond donors (Lipinski definition) is 1. The molecule has 0 aliphatic carbocycles. The zero-order valence-electron chi connectivity index (χ0n) is 13.4. The predicted molar refractivity (Wildman–Crippen MR) is 80.3 cm³/mol. The molecular formula is C16H23NO4. The summed E-state index contributed by atoms with van der Waals surface area (Å²) in [6.45, 7) is 9.01. The highest BCUT2D eigenvalue weighted by atomic mass is 16.6. The molecule has 0 bridgehead atoms. The maximum Gasteiger partial charge on any atom is 0.411 e. The third-order valence-corrected chi connectivity index (χ3v) is 2.86. The average molecular weight is 293 g/mol. The lowest BCUT2D eigenvalue weighted by atomic mass is 10.0. The summed E-state index contributed by atoms with van der Waals surface area (Å²) in [7, 11) is 1.44. The fraction of sp³-hybridized carbons (Fsp3) is 0.500. The standard InChI is InChI=1S/C16H23NO4/c1-10-7-11(2)9-12(8-10)13(14(18)19)17(6)15(20)21-16(3,4)5/h7-9,13H,1-6H3,(H,18,19). The summed E-state index contributed by atoms with van der Waals surface area (Å²) in [6.07, 6.45) is -0.658. The van der Waals surface area contributed by atoms with E-state index in [0.29, 0.717) is 5.56 Å². The van der Waals surface area contributed by atoms with Gasteiger partial charge in [-0.1, -0.05) is 29.3 Å². The Morgan fingerprint density at radius 3 is 2.00 bits per heavy atom.